The largest absolute Gasteiger partial charge is 0.502 e. The van der Waals surface area contributed by atoms with E-state index >= 15 is 0 Å². The molecule has 0 radical (unpaired) electrons. The minimum atomic E-state index is -3.83. The van der Waals surface area contributed by atoms with Crippen molar-refractivity contribution in [2.45, 2.75) is 15.5 Å². The molecule has 1 aliphatic heterocycles. The van der Waals surface area contributed by atoms with E-state index in [1.54, 1.807) is 24.3 Å². The molecule has 0 aliphatic carbocycles. The third kappa shape index (κ3) is 4.99. The van der Waals surface area contributed by atoms with Gasteiger partial charge in [-0.3, -0.25) is 14.9 Å². The fraction of sp³-hybridized carbons (Fsp3) is 0.125. The molecule has 186 valence electrons. The van der Waals surface area contributed by atoms with Crippen LogP contribution in [0.25, 0.3) is 6.08 Å². The van der Waals surface area contributed by atoms with E-state index in [4.69, 9.17) is 9.47 Å². The fourth-order valence-electron chi connectivity index (χ4n) is 3.60. The van der Waals surface area contributed by atoms with Crippen molar-refractivity contribution in [2.75, 3.05) is 19.5 Å². The molecule has 0 bridgehead atoms. The van der Waals surface area contributed by atoms with Crippen molar-refractivity contribution in [3.8, 4) is 17.2 Å². The first-order valence-corrected chi connectivity index (χ1v) is 12.8. The number of anilines is 1. The van der Waals surface area contributed by atoms with Gasteiger partial charge < -0.3 is 19.9 Å². The van der Waals surface area contributed by atoms with Crippen LogP contribution >= 0.6 is 11.8 Å². The number of phenols is 1. The normalized spacial score (nSPS) is 14.2. The van der Waals surface area contributed by atoms with Gasteiger partial charge in [0.1, 0.15) is 11.5 Å². The second-order valence-corrected chi connectivity index (χ2v) is 10.7. The van der Waals surface area contributed by atoms with Crippen molar-refractivity contribution in [3.05, 3.63) is 80.7 Å². The molecule has 0 atom stereocenters. The molecule has 1 amide bonds. The fourth-order valence-corrected chi connectivity index (χ4v) is 5.94. The SMILES string of the molecule is COc1cccc(OC)c1CS(=O)(=O)c1ccc2c(c1)NC(=O)/C(=C/c1ccc(O)c([N+](=O)[O-])c1)S2. The average Bonchev–Trinajstić information content (AvgIpc) is 2.85. The number of aromatic hydroxyl groups is 1. The Morgan fingerprint density at radius 3 is 2.42 bits per heavy atom. The molecule has 0 saturated carbocycles. The molecular weight excluding hydrogens is 508 g/mol. The van der Waals surface area contributed by atoms with Crippen LogP contribution in [0.3, 0.4) is 0 Å². The number of rotatable bonds is 7. The topological polar surface area (TPSA) is 145 Å². The van der Waals surface area contributed by atoms with E-state index in [9.17, 15) is 28.4 Å². The van der Waals surface area contributed by atoms with E-state index < -0.39 is 32.1 Å². The van der Waals surface area contributed by atoms with Crippen molar-refractivity contribution in [1.29, 1.82) is 0 Å². The first-order valence-electron chi connectivity index (χ1n) is 10.4. The summed E-state index contributed by atoms with van der Waals surface area (Å²) in [4.78, 5) is 23.9. The lowest BCUT2D eigenvalue weighted by atomic mass is 10.1. The Kier molecular flexibility index (Phi) is 6.91. The van der Waals surface area contributed by atoms with Gasteiger partial charge >= 0.3 is 5.69 Å². The van der Waals surface area contributed by atoms with Gasteiger partial charge in [-0.15, -0.1) is 0 Å². The Hall–Kier alpha value is -4.03. The lowest BCUT2D eigenvalue weighted by molar-refractivity contribution is -0.385. The number of fused-ring (bicyclic) bond motifs is 1. The molecule has 1 heterocycles. The molecule has 2 N–H and O–H groups in total. The first kappa shape index (κ1) is 25.1. The van der Waals surface area contributed by atoms with Crippen molar-refractivity contribution in [1.82, 2.24) is 0 Å². The molecule has 1 aliphatic rings. The molecule has 0 aromatic heterocycles. The highest BCUT2D eigenvalue weighted by Gasteiger charge is 2.26. The van der Waals surface area contributed by atoms with Crippen LogP contribution < -0.4 is 14.8 Å². The maximum Gasteiger partial charge on any atom is 0.311 e. The number of ether oxygens (including phenoxy) is 2. The van der Waals surface area contributed by atoms with E-state index in [2.05, 4.69) is 5.32 Å². The summed E-state index contributed by atoms with van der Waals surface area (Å²) < 4.78 is 37.0. The first-order chi connectivity index (χ1) is 17.1. The van der Waals surface area contributed by atoms with Crippen LogP contribution in [0.5, 0.6) is 17.2 Å². The van der Waals surface area contributed by atoms with E-state index in [0.717, 1.165) is 17.8 Å². The quantitative estimate of drug-likeness (QED) is 0.259. The second-order valence-electron chi connectivity index (χ2n) is 7.63. The van der Waals surface area contributed by atoms with Gasteiger partial charge in [0.25, 0.3) is 5.91 Å². The Labute approximate surface area is 210 Å². The molecule has 3 aromatic carbocycles. The second kappa shape index (κ2) is 9.91. The van der Waals surface area contributed by atoms with Crippen LogP contribution in [-0.2, 0) is 20.4 Å². The van der Waals surface area contributed by atoms with Gasteiger partial charge in [-0.05, 0) is 48.0 Å². The summed E-state index contributed by atoms with van der Waals surface area (Å²) in [5, 5.41) is 23.4. The van der Waals surface area contributed by atoms with Gasteiger partial charge in [-0.2, -0.15) is 0 Å². The number of nitrogens with one attached hydrogen (secondary N) is 1. The van der Waals surface area contributed by atoms with E-state index in [-0.39, 0.29) is 15.6 Å². The number of carbonyl (C=O) groups is 1. The third-order valence-electron chi connectivity index (χ3n) is 5.36. The number of phenolic OH excluding ortho intramolecular Hbond substituents is 1. The van der Waals surface area contributed by atoms with E-state index in [1.807, 2.05) is 0 Å². The summed E-state index contributed by atoms with van der Waals surface area (Å²) >= 11 is 1.10. The molecule has 36 heavy (non-hydrogen) atoms. The number of benzene rings is 3. The number of nitro groups is 1. The van der Waals surface area contributed by atoms with Crippen LogP contribution in [0.15, 0.2) is 69.3 Å². The summed E-state index contributed by atoms with van der Waals surface area (Å²) in [6, 6.07) is 13.2. The number of nitrogens with zero attached hydrogens (tertiary/aromatic N) is 1. The van der Waals surface area contributed by atoms with Gasteiger partial charge in [0.2, 0.25) is 0 Å². The highest BCUT2D eigenvalue weighted by molar-refractivity contribution is 8.04. The van der Waals surface area contributed by atoms with Gasteiger partial charge in [0.15, 0.2) is 15.6 Å². The number of methoxy groups -OCH3 is 2. The van der Waals surface area contributed by atoms with Crippen LogP contribution in [0.1, 0.15) is 11.1 Å². The number of amides is 1. The van der Waals surface area contributed by atoms with Crippen molar-refractivity contribution >= 4 is 45.0 Å². The van der Waals surface area contributed by atoms with E-state index in [0.29, 0.717) is 33.2 Å². The number of hydrogen-bond acceptors (Lipinski definition) is 9. The summed E-state index contributed by atoms with van der Waals surface area (Å²) in [7, 11) is -0.946. The molecule has 10 nitrogen and oxygen atoms in total. The zero-order valence-electron chi connectivity index (χ0n) is 19.0. The summed E-state index contributed by atoms with van der Waals surface area (Å²) in [6.45, 7) is 0. The molecule has 0 saturated heterocycles. The smallest absolute Gasteiger partial charge is 0.311 e. The summed E-state index contributed by atoms with van der Waals surface area (Å²) in [5.41, 5.74) is 0.580. The lowest BCUT2D eigenvalue weighted by Crippen LogP contribution is -2.18. The number of sulfone groups is 1. The maximum absolute atomic E-state index is 13.2. The van der Waals surface area contributed by atoms with Crippen molar-refractivity contribution in [3.63, 3.8) is 0 Å². The van der Waals surface area contributed by atoms with Gasteiger partial charge in [0, 0.05) is 11.0 Å². The van der Waals surface area contributed by atoms with Crippen LogP contribution in [0.2, 0.25) is 0 Å². The molecule has 0 spiro atoms. The molecular formula is C24H20N2O8S2. The minimum Gasteiger partial charge on any atom is -0.502 e. The van der Waals surface area contributed by atoms with Gasteiger partial charge in [-0.25, -0.2) is 8.42 Å². The molecule has 12 heteroatoms. The Bertz CT molecular complexity index is 1490. The molecule has 0 fully saturated rings. The standard InChI is InChI=1S/C24H20N2O8S2/c1-33-20-4-3-5-21(34-2)16(20)13-36(31,32)15-7-9-22-17(12-15)25-24(28)23(35-22)11-14-6-8-19(27)18(10-14)26(29)30/h3-12,27H,13H2,1-2H3,(H,25,28)/b23-11-. The number of nitro benzene ring substituents is 1. The van der Waals surface area contributed by atoms with Gasteiger partial charge in [-0.1, -0.05) is 23.9 Å². The third-order valence-corrected chi connectivity index (χ3v) is 8.10. The van der Waals surface area contributed by atoms with Crippen molar-refractivity contribution < 1.29 is 32.7 Å². The Balaban J connectivity index is 1.63. The van der Waals surface area contributed by atoms with Crippen LogP contribution in [0, 0.1) is 10.1 Å². The average molecular weight is 529 g/mol. The predicted octanol–water partition coefficient (Wildman–Crippen LogP) is 4.38. The lowest BCUT2D eigenvalue weighted by Gasteiger charge is -2.20. The number of hydrogen-bond donors (Lipinski definition) is 2. The summed E-state index contributed by atoms with van der Waals surface area (Å²) in [6.07, 6.45) is 1.45. The maximum atomic E-state index is 13.2. The Morgan fingerprint density at radius 2 is 1.78 bits per heavy atom. The highest BCUT2D eigenvalue weighted by atomic mass is 32.2. The molecule has 3 aromatic rings. The zero-order valence-corrected chi connectivity index (χ0v) is 20.7. The monoisotopic (exact) mass is 528 g/mol. The molecule has 0 unspecified atom stereocenters. The van der Waals surface area contributed by atoms with Crippen molar-refractivity contribution in [2.24, 2.45) is 0 Å². The minimum absolute atomic E-state index is 0.0108. The predicted molar refractivity (Wildman–Crippen MR) is 134 cm³/mol. The highest BCUT2D eigenvalue weighted by Crippen LogP contribution is 2.41. The number of thioether (sulfide) groups is 1. The van der Waals surface area contributed by atoms with Gasteiger partial charge in [0.05, 0.1) is 45.9 Å². The number of carbonyl (C=O) groups excluding carboxylic acids is 1. The molecule has 4 rings (SSSR count). The van der Waals surface area contributed by atoms with Crippen LogP contribution in [-0.4, -0.2) is 38.6 Å². The van der Waals surface area contributed by atoms with Crippen LogP contribution in [0.4, 0.5) is 11.4 Å². The zero-order chi connectivity index (χ0) is 26.0. The Morgan fingerprint density at radius 1 is 1.08 bits per heavy atom. The summed E-state index contributed by atoms with van der Waals surface area (Å²) in [5.74, 6) is -0.588. The van der Waals surface area contributed by atoms with E-state index in [1.165, 1.54) is 44.6 Å².